The van der Waals surface area contributed by atoms with Crippen molar-refractivity contribution in [3.63, 3.8) is 0 Å². The summed E-state index contributed by atoms with van der Waals surface area (Å²) in [5.41, 5.74) is 2.99. The summed E-state index contributed by atoms with van der Waals surface area (Å²) in [5.74, 6) is 0. The van der Waals surface area contributed by atoms with E-state index >= 15 is 0 Å². The van der Waals surface area contributed by atoms with Gasteiger partial charge in [0.05, 0.1) is 0 Å². The molecule has 0 unspecified atom stereocenters. The Morgan fingerprint density at radius 2 is 0.833 bits per heavy atom. The van der Waals surface area contributed by atoms with Crippen molar-refractivity contribution in [2.75, 3.05) is 0 Å². The normalized spacial score (nSPS) is 12.2. The van der Waals surface area contributed by atoms with Crippen molar-refractivity contribution in [3.8, 4) is 0 Å². The number of aryl methyl sites for hydroxylation is 2. The van der Waals surface area contributed by atoms with Gasteiger partial charge in [0.2, 0.25) is 0 Å². The number of benzene rings is 4. The van der Waals surface area contributed by atoms with Crippen molar-refractivity contribution in [2.45, 2.75) is 39.5 Å². The summed E-state index contributed by atoms with van der Waals surface area (Å²) in [7, 11) is 0. The first-order chi connectivity index (χ1) is 14.8. The van der Waals surface area contributed by atoms with Crippen LogP contribution in [0.4, 0.5) is 0 Å². The van der Waals surface area contributed by atoms with Crippen LogP contribution >= 0.6 is 22.7 Å². The van der Waals surface area contributed by atoms with E-state index < -0.39 is 0 Å². The molecule has 148 valence electrons. The molecule has 30 heavy (non-hydrogen) atoms. The Balaban J connectivity index is 1.71. The van der Waals surface area contributed by atoms with Crippen molar-refractivity contribution in [3.05, 3.63) is 71.8 Å². The fourth-order valence-electron chi connectivity index (χ4n) is 4.97. The maximum atomic E-state index is 2.37. The van der Waals surface area contributed by atoms with Crippen LogP contribution in [-0.4, -0.2) is 0 Å². The largest absolute Gasteiger partial charge is 0.134 e. The molecular formula is C28H24S2. The van der Waals surface area contributed by atoms with E-state index in [9.17, 15) is 0 Å². The highest BCUT2D eigenvalue weighted by atomic mass is 32.1. The Morgan fingerprint density at radius 3 is 1.20 bits per heavy atom. The highest BCUT2D eigenvalue weighted by Crippen LogP contribution is 2.45. The van der Waals surface area contributed by atoms with Gasteiger partial charge in [-0.15, -0.1) is 22.7 Å². The van der Waals surface area contributed by atoms with Gasteiger partial charge in [-0.2, -0.15) is 0 Å². The standard InChI is InChI=1S/C28H24S2/c1-3-7-17-9-5-11-19-21-13-15-24-23(27(21)29-25(17)19)16-14-22-20-12-6-10-18(8-4-2)26(20)30-28(22)24/h5-6,9-16H,3-4,7-8H2,1-2H3. The highest BCUT2D eigenvalue weighted by Gasteiger charge is 2.15. The average Bonchev–Trinajstić information content (AvgIpc) is 3.34. The zero-order valence-corrected chi connectivity index (χ0v) is 19.1. The summed E-state index contributed by atoms with van der Waals surface area (Å²) in [5, 5.41) is 8.48. The highest BCUT2D eigenvalue weighted by molar-refractivity contribution is 7.28. The van der Waals surface area contributed by atoms with Crippen molar-refractivity contribution < 1.29 is 0 Å². The second-order valence-corrected chi connectivity index (χ2v) is 10.3. The Kier molecular flexibility index (Phi) is 4.33. The molecule has 6 aromatic rings. The third kappa shape index (κ3) is 2.57. The Morgan fingerprint density at radius 1 is 0.467 bits per heavy atom. The van der Waals surface area contributed by atoms with E-state index in [-0.39, 0.29) is 0 Å². The van der Waals surface area contributed by atoms with E-state index in [1.807, 2.05) is 22.7 Å². The summed E-state index contributed by atoms with van der Waals surface area (Å²) >= 11 is 3.98. The molecule has 0 bridgehead atoms. The molecule has 0 aliphatic heterocycles. The summed E-state index contributed by atoms with van der Waals surface area (Å²) in [6.07, 6.45) is 4.69. The lowest BCUT2D eigenvalue weighted by molar-refractivity contribution is 0.931. The maximum Gasteiger partial charge on any atom is 0.0434 e. The van der Waals surface area contributed by atoms with Gasteiger partial charge < -0.3 is 0 Å². The van der Waals surface area contributed by atoms with Crippen LogP contribution in [0.15, 0.2) is 60.7 Å². The van der Waals surface area contributed by atoms with E-state index in [1.165, 1.54) is 75.1 Å². The van der Waals surface area contributed by atoms with Gasteiger partial charge in [-0.3, -0.25) is 0 Å². The summed E-state index contributed by atoms with van der Waals surface area (Å²) in [6, 6.07) is 23.1. The van der Waals surface area contributed by atoms with Crippen LogP contribution in [-0.2, 0) is 12.8 Å². The van der Waals surface area contributed by atoms with Crippen LogP contribution in [0.3, 0.4) is 0 Å². The lowest BCUT2D eigenvalue weighted by Gasteiger charge is -2.02. The average molecular weight is 425 g/mol. The summed E-state index contributed by atoms with van der Waals surface area (Å²) in [6.45, 7) is 4.54. The van der Waals surface area contributed by atoms with Crippen LogP contribution in [0.1, 0.15) is 37.8 Å². The fourth-order valence-corrected chi connectivity index (χ4v) is 7.70. The predicted octanol–water partition coefficient (Wildman–Crippen LogP) is 9.48. The molecule has 2 heterocycles. The molecular weight excluding hydrogens is 400 g/mol. The molecule has 0 atom stereocenters. The van der Waals surface area contributed by atoms with Gasteiger partial charge in [-0.1, -0.05) is 87.4 Å². The molecule has 2 heteroatoms. The van der Waals surface area contributed by atoms with Gasteiger partial charge in [0.15, 0.2) is 0 Å². The lowest BCUT2D eigenvalue weighted by atomic mass is 10.0. The summed E-state index contributed by atoms with van der Waals surface area (Å²) in [4.78, 5) is 0. The van der Waals surface area contributed by atoms with Gasteiger partial charge in [-0.25, -0.2) is 0 Å². The summed E-state index contributed by atoms with van der Waals surface area (Å²) < 4.78 is 5.84. The fraction of sp³-hybridized carbons (Fsp3) is 0.214. The molecule has 0 saturated heterocycles. The SMILES string of the molecule is CCCc1cccc2c1sc1c2ccc2c1ccc1c3cccc(CCC)c3sc12. The molecule has 0 aliphatic rings. The van der Waals surface area contributed by atoms with E-state index in [0.717, 1.165) is 12.8 Å². The first-order valence-electron chi connectivity index (χ1n) is 11.0. The Bertz CT molecular complexity index is 1440. The first kappa shape index (κ1) is 18.4. The molecule has 4 aromatic carbocycles. The van der Waals surface area contributed by atoms with Crippen molar-refractivity contribution in [2.24, 2.45) is 0 Å². The van der Waals surface area contributed by atoms with E-state index in [4.69, 9.17) is 0 Å². The zero-order chi connectivity index (χ0) is 20.2. The molecule has 0 N–H and O–H groups in total. The van der Waals surface area contributed by atoms with Gasteiger partial charge in [0.25, 0.3) is 0 Å². The molecule has 0 saturated carbocycles. The van der Waals surface area contributed by atoms with Crippen molar-refractivity contribution >= 4 is 73.8 Å². The van der Waals surface area contributed by atoms with Gasteiger partial charge >= 0.3 is 0 Å². The third-order valence-corrected chi connectivity index (χ3v) is 8.98. The molecule has 0 amide bonds. The molecule has 2 aromatic heterocycles. The van der Waals surface area contributed by atoms with Crippen LogP contribution in [0.2, 0.25) is 0 Å². The third-order valence-electron chi connectivity index (χ3n) is 6.32. The number of hydrogen-bond acceptors (Lipinski definition) is 2. The first-order valence-corrected chi connectivity index (χ1v) is 12.6. The second-order valence-electron chi connectivity index (χ2n) is 8.27. The van der Waals surface area contributed by atoms with Crippen molar-refractivity contribution in [1.82, 2.24) is 0 Å². The minimum absolute atomic E-state index is 1.16. The quantitative estimate of drug-likeness (QED) is 0.264. The topological polar surface area (TPSA) is 0 Å². The van der Waals surface area contributed by atoms with Crippen LogP contribution in [0.25, 0.3) is 51.1 Å². The molecule has 0 spiro atoms. The Hall–Kier alpha value is -2.42. The molecule has 0 fully saturated rings. The number of hydrogen-bond donors (Lipinski definition) is 0. The Labute approximate surface area is 184 Å². The van der Waals surface area contributed by atoms with Crippen molar-refractivity contribution in [1.29, 1.82) is 0 Å². The van der Waals surface area contributed by atoms with Crippen LogP contribution in [0, 0.1) is 0 Å². The smallest absolute Gasteiger partial charge is 0.0434 e. The monoisotopic (exact) mass is 424 g/mol. The van der Waals surface area contributed by atoms with E-state index in [2.05, 4.69) is 74.5 Å². The van der Waals surface area contributed by atoms with Crippen LogP contribution in [0.5, 0.6) is 0 Å². The molecule has 0 nitrogen and oxygen atoms in total. The number of fused-ring (bicyclic) bond motifs is 9. The second kappa shape index (κ2) is 7.08. The molecule has 6 rings (SSSR count). The number of thiophene rings is 2. The lowest BCUT2D eigenvalue weighted by Crippen LogP contribution is -1.81. The van der Waals surface area contributed by atoms with Gasteiger partial charge in [-0.05, 0) is 24.0 Å². The van der Waals surface area contributed by atoms with Gasteiger partial charge in [0.1, 0.15) is 0 Å². The maximum absolute atomic E-state index is 2.37. The van der Waals surface area contributed by atoms with Gasteiger partial charge in [0, 0.05) is 51.1 Å². The number of rotatable bonds is 4. The minimum Gasteiger partial charge on any atom is -0.134 e. The molecule has 0 radical (unpaired) electrons. The minimum atomic E-state index is 1.16. The van der Waals surface area contributed by atoms with Crippen LogP contribution < -0.4 is 0 Å². The van der Waals surface area contributed by atoms with E-state index in [0.29, 0.717) is 0 Å². The molecule has 0 aliphatic carbocycles. The zero-order valence-electron chi connectivity index (χ0n) is 17.4. The van der Waals surface area contributed by atoms with E-state index in [1.54, 1.807) is 0 Å². The predicted molar refractivity (Wildman–Crippen MR) is 138 cm³/mol.